The highest BCUT2D eigenvalue weighted by molar-refractivity contribution is 7.88. The van der Waals surface area contributed by atoms with Crippen molar-refractivity contribution in [1.29, 1.82) is 0 Å². The van der Waals surface area contributed by atoms with E-state index in [0.29, 0.717) is 78.8 Å². The van der Waals surface area contributed by atoms with Gasteiger partial charge in [0.25, 0.3) is 0 Å². The van der Waals surface area contributed by atoms with Crippen LogP contribution in [0.1, 0.15) is 16.8 Å². The van der Waals surface area contributed by atoms with Gasteiger partial charge in [-0.1, -0.05) is 12.1 Å². The van der Waals surface area contributed by atoms with Gasteiger partial charge in [0, 0.05) is 50.4 Å². The Morgan fingerprint density at radius 3 is 2.38 bits per heavy atom. The normalized spacial score (nSPS) is 14.9. The van der Waals surface area contributed by atoms with Crippen LogP contribution in [0, 0.1) is 5.82 Å². The summed E-state index contributed by atoms with van der Waals surface area (Å²) in [5, 5.41) is 8.93. The minimum absolute atomic E-state index is 0.0156. The second kappa shape index (κ2) is 12.4. The molecule has 0 saturated carbocycles. The molecule has 0 unspecified atom stereocenters. The second-order valence-corrected chi connectivity index (χ2v) is 12.3. The van der Waals surface area contributed by atoms with E-state index in [1.54, 1.807) is 16.6 Å². The number of nitrogens with two attached hydrogens (primary N) is 1. The Morgan fingerprint density at radius 2 is 1.76 bits per heavy atom. The quantitative estimate of drug-likeness (QED) is 0.194. The Hall–Kier alpha value is -4.61. The number of hydrogen-bond donors (Lipinski definition) is 3. The van der Waals surface area contributed by atoms with Crippen LogP contribution in [0.5, 0.6) is 0 Å². The van der Waals surface area contributed by atoms with E-state index in [1.165, 1.54) is 29.0 Å². The zero-order valence-electron chi connectivity index (χ0n) is 23.8. The van der Waals surface area contributed by atoms with Crippen molar-refractivity contribution in [1.82, 2.24) is 23.8 Å². The molecule has 4 aromatic rings. The molecule has 2 aromatic carbocycles. The molecule has 17 heteroatoms. The number of piperazine rings is 1. The number of amides is 2. The number of carbonyl (C=O) groups excluding carboxylic acids is 2. The van der Waals surface area contributed by atoms with E-state index in [2.05, 4.69) is 25.6 Å². The number of halogens is 4. The van der Waals surface area contributed by atoms with Crippen LogP contribution >= 0.6 is 0 Å². The number of nitrogens with zero attached hydrogens (tertiary/aromatic N) is 5. The molecule has 45 heavy (non-hydrogen) atoms. The molecule has 0 radical (unpaired) electrons. The summed E-state index contributed by atoms with van der Waals surface area (Å²) in [7, 11) is -3.32. The standard InChI is InChI=1S/C28H28F4N8O4S/c1-45(43,44)39-11-9-38(10-12-39)15-23-20(8-13-41)24(25-26(33)34-16-35-40(23)25)17-2-5-19(6-3-17)36-27(42)37-22-14-18(28(30,31)32)4-7-21(22)29/h2-7,13-14,16H,8-12,15H2,1H3,(H2,33,34,35)(H2,36,37,42). The number of sulfonamides is 1. The molecule has 0 spiro atoms. The SMILES string of the molecule is CS(=O)(=O)N1CCN(Cc2c(CC=O)c(-c3ccc(NC(=O)Nc4cc(C(F)(F)F)ccc4F)cc3)c3c(N)ncnn23)CC1. The van der Waals surface area contributed by atoms with Crippen molar-refractivity contribution >= 4 is 45.0 Å². The molecule has 1 saturated heterocycles. The van der Waals surface area contributed by atoms with E-state index in [0.717, 1.165) is 6.29 Å². The number of benzene rings is 2. The largest absolute Gasteiger partial charge is 0.416 e. The van der Waals surface area contributed by atoms with Crippen LogP contribution in [-0.4, -0.2) is 77.0 Å². The van der Waals surface area contributed by atoms with Gasteiger partial charge in [0.2, 0.25) is 10.0 Å². The Labute approximate surface area is 254 Å². The molecule has 0 atom stereocenters. The first kappa shape index (κ1) is 31.8. The van der Waals surface area contributed by atoms with Gasteiger partial charge in [0.05, 0.1) is 23.2 Å². The molecule has 5 rings (SSSR count). The Kier molecular flexibility index (Phi) is 8.77. The number of nitrogens with one attached hydrogen (secondary N) is 2. The number of aromatic nitrogens is 3. The molecule has 2 amide bonds. The number of urea groups is 1. The predicted molar refractivity (Wildman–Crippen MR) is 158 cm³/mol. The van der Waals surface area contributed by atoms with Gasteiger partial charge >= 0.3 is 12.2 Å². The fraction of sp³-hybridized carbons (Fsp3) is 0.286. The van der Waals surface area contributed by atoms with Gasteiger partial charge in [-0.3, -0.25) is 4.90 Å². The average Bonchev–Trinajstić information content (AvgIpc) is 3.28. The van der Waals surface area contributed by atoms with Crippen LogP contribution in [0.15, 0.2) is 48.8 Å². The van der Waals surface area contributed by atoms with Crippen molar-refractivity contribution in [2.75, 3.05) is 48.8 Å². The van der Waals surface area contributed by atoms with E-state index in [9.17, 15) is 35.6 Å². The van der Waals surface area contributed by atoms with E-state index < -0.39 is 39.3 Å². The van der Waals surface area contributed by atoms with Crippen LogP contribution in [0.4, 0.5) is 39.5 Å². The van der Waals surface area contributed by atoms with Gasteiger partial charge in [0.15, 0.2) is 5.82 Å². The maximum atomic E-state index is 14.1. The first-order valence-corrected chi connectivity index (χ1v) is 15.4. The highest BCUT2D eigenvalue weighted by Crippen LogP contribution is 2.37. The summed E-state index contributed by atoms with van der Waals surface area (Å²) in [4.78, 5) is 30.5. The lowest BCUT2D eigenvalue weighted by atomic mass is 9.98. The van der Waals surface area contributed by atoms with Gasteiger partial charge in [-0.2, -0.15) is 22.6 Å². The first-order chi connectivity index (χ1) is 21.3. The minimum Gasteiger partial charge on any atom is -0.382 e. The first-order valence-electron chi connectivity index (χ1n) is 13.6. The molecule has 1 fully saturated rings. The van der Waals surface area contributed by atoms with Gasteiger partial charge < -0.3 is 21.2 Å². The maximum absolute atomic E-state index is 14.1. The number of carbonyl (C=O) groups is 2. The smallest absolute Gasteiger partial charge is 0.382 e. The third-order valence-corrected chi connectivity index (χ3v) is 8.70. The minimum atomic E-state index is -4.72. The highest BCUT2D eigenvalue weighted by Gasteiger charge is 2.31. The summed E-state index contributed by atoms with van der Waals surface area (Å²) >= 11 is 0. The summed E-state index contributed by atoms with van der Waals surface area (Å²) in [5.74, 6) is -0.880. The van der Waals surface area contributed by atoms with E-state index in [4.69, 9.17) is 5.73 Å². The van der Waals surface area contributed by atoms with Gasteiger partial charge in [-0.15, -0.1) is 0 Å². The lowest BCUT2D eigenvalue weighted by Crippen LogP contribution is -2.48. The zero-order chi connectivity index (χ0) is 32.5. The number of alkyl halides is 3. The van der Waals surface area contributed by atoms with Crippen LogP contribution in [0.25, 0.3) is 16.6 Å². The summed E-state index contributed by atoms with van der Waals surface area (Å²) in [6, 6.07) is 7.06. The molecular formula is C28H28F4N8O4S. The third kappa shape index (κ3) is 6.89. The summed E-state index contributed by atoms with van der Waals surface area (Å²) in [6.07, 6.45) is -1.49. The van der Waals surface area contributed by atoms with Crippen molar-refractivity contribution in [3.63, 3.8) is 0 Å². The van der Waals surface area contributed by atoms with Gasteiger partial charge in [-0.05, 0) is 41.5 Å². The summed E-state index contributed by atoms with van der Waals surface area (Å²) in [6.45, 7) is 1.91. The van der Waals surface area contributed by atoms with Crippen LogP contribution in [-0.2, 0) is 34.0 Å². The third-order valence-electron chi connectivity index (χ3n) is 7.40. The molecule has 12 nitrogen and oxygen atoms in total. The molecule has 2 aromatic heterocycles. The van der Waals surface area contributed by atoms with Gasteiger partial charge in [-0.25, -0.2) is 27.1 Å². The van der Waals surface area contributed by atoms with Crippen LogP contribution in [0.3, 0.4) is 0 Å². The maximum Gasteiger partial charge on any atom is 0.416 e. The number of fused-ring (bicyclic) bond motifs is 1. The Morgan fingerprint density at radius 1 is 1.07 bits per heavy atom. The van der Waals surface area contributed by atoms with E-state index >= 15 is 0 Å². The molecule has 0 bridgehead atoms. The van der Waals surface area contributed by atoms with E-state index in [1.807, 2.05) is 0 Å². The average molecular weight is 649 g/mol. The lowest BCUT2D eigenvalue weighted by molar-refractivity contribution is -0.137. The van der Waals surface area contributed by atoms with Crippen LogP contribution < -0.4 is 16.4 Å². The molecule has 0 aliphatic carbocycles. The monoisotopic (exact) mass is 648 g/mol. The fourth-order valence-electron chi connectivity index (χ4n) is 5.23. The Balaban J connectivity index is 1.41. The molecular weight excluding hydrogens is 620 g/mol. The highest BCUT2D eigenvalue weighted by atomic mass is 32.2. The molecule has 3 heterocycles. The number of rotatable bonds is 8. The van der Waals surface area contributed by atoms with Crippen LogP contribution in [0.2, 0.25) is 0 Å². The fourth-order valence-corrected chi connectivity index (χ4v) is 6.06. The Bertz CT molecular complexity index is 1860. The molecule has 4 N–H and O–H groups in total. The lowest BCUT2D eigenvalue weighted by Gasteiger charge is -2.33. The van der Waals surface area contributed by atoms with Crippen molar-refractivity contribution < 1.29 is 35.6 Å². The summed E-state index contributed by atoms with van der Waals surface area (Å²) < 4.78 is 80.1. The van der Waals surface area contributed by atoms with Gasteiger partial charge in [0.1, 0.15) is 23.9 Å². The van der Waals surface area contributed by atoms with E-state index in [-0.39, 0.29) is 17.9 Å². The number of nitrogen functional groups attached to an aromatic ring is 1. The van der Waals surface area contributed by atoms with Crippen molar-refractivity contribution in [2.24, 2.45) is 0 Å². The van der Waals surface area contributed by atoms with Crippen molar-refractivity contribution in [2.45, 2.75) is 19.1 Å². The zero-order valence-corrected chi connectivity index (χ0v) is 24.6. The van der Waals surface area contributed by atoms with Crippen molar-refractivity contribution in [3.8, 4) is 11.1 Å². The number of aldehydes is 1. The summed E-state index contributed by atoms with van der Waals surface area (Å²) in [5.41, 5.74) is 7.74. The topological polar surface area (TPSA) is 155 Å². The van der Waals surface area contributed by atoms with Crippen molar-refractivity contribution in [3.05, 3.63) is 71.4 Å². The molecule has 1 aliphatic rings. The molecule has 1 aliphatic heterocycles. The number of anilines is 3. The number of hydrogen-bond acceptors (Lipinski definition) is 8. The predicted octanol–water partition coefficient (Wildman–Crippen LogP) is 3.60. The molecule has 238 valence electrons. The second-order valence-electron chi connectivity index (χ2n) is 10.4.